The maximum Gasteiger partial charge on any atom is 0.430 e. The van der Waals surface area contributed by atoms with E-state index >= 15 is 0 Å². The molecule has 4 N–H and O–H groups in total. The van der Waals surface area contributed by atoms with E-state index < -0.39 is 23.9 Å². The zero-order valence-corrected chi connectivity index (χ0v) is 21.5. The lowest BCUT2D eigenvalue weighted by Gasteiger charge is -2.14. The summed E-state index contributed by atoms with van der Waals surface area (Å²) in [5, 5.41) is 12.7. The van der Waals surface area contributed by atoms with Gasteiger partial charge in [0.05, 0.1) is 12.1 Å². The van der Waals surface area contributed by atoms with E-state index in [1.807, 2.05) is 31.2 Å². The molecule has 1 aliphatic rings. The summed E-state index contributed by atoms with van der Waals surface area (Å²) in [4.78, 5) is 13.1. The number of aromatic nitrogens is 2. The third-order valence-corrected chi connectivity index (χ3v) is 5.81. The Kier molecular flexibility index (Phi) is 9.63. The van der Waals surface area contributed by atoms with Gasteiger partial charge in [-0.2, -0.15) is 31.3 Å². The fraction of sp³-hybridized carbons (Fsp3) is 0.308. The van der Waals surface area contributed by atoms with Crippen molar-refractivity contribution in [2.24, 2.45) is 11.5 Å². The predicted molar refractivity (Wildman–Crippen MR) is 132 cm³/mol. The van der Waals surface area contributed by atoms with E-state index in [1.54, 1.807) is 16.7 Å². The molecule has 0 saturated carbocycles. The van der Waals surface area contributed by atoms with E-state index in [9.17, 15) is 26.3 Å². The molecule has 1 aliphatic heterocycles. The highest BCUT2D eigenvalue weighted by Crippen LogP contribution is 2.39. The summed E-state index contributed by atoms with van der Waals surface area (Å²) in [7, 11) is 0. The number of halogens is 6. The smallest absolute Gasteiger partial charge is 0.430 e. The zero-order valence-electron chi connectivity index (χ0n) is 21.5. The average molecular weight is 586 g/mol. The van der Waals surface area contributed by atoms with Crippen molar-refractivity contribution in [1.29, 1.82) is 0 Å². The first-order valence-corrected chi connectivity index (χ1v) is 12.0. The number of nitrogens with two attached hydrogens (primary N) is 2. The number of rotatable bonds is 6. The number of hydrogen-bond acceptors (Lipinski definition) is 6. The van der Waals surface area contributed by atoms with Crippen LogP contribution in [0.4, 0.5) is 26.3 Å². The zero-order chi connectivity index (χ0) is 30.4. The quantitative estimate of drug-likeness (QED) is 0.254. The van der Waals surface area contributed by atoms with Crippen LogP contribution in [0.5, 0.6) is 5.75 Å². The molecule has 0 bridgehead atoms. The summed E-state index contributed by atoms with van der Waals surface area (Å²) in [6.07, 6.45) is -4.82. The molecule has 0 amide bonds. The monoisotopic (exact) mass is 585 g/mol. The number of aliphatic carboxylic acids is 1. The number of hydrogen-bond donors (Lipinski definition) is 2. The van der Waals surface area contributed by atoms with Gasteiger partial charge in [0.15, 0.2) is 6.04 Å². The van der Waals surface area contributed by atoms with E-state index in [0.29, 0.717) is 13.0 Å². The molecule has 2 heterocycles. The van der Waals surface area contributed by atoms with Crippen molar-refractivity contribution in [1.82, 2.24) is 10.1 Å². The van der Waals surface area contributed by atoms with Crippen LogP contribution >= 0.6 is 0 Å². The maximum absolute atomic E-state index is 13.7. The molecule has 15 heteroatoms. The van der Waals surface area contributed by atoms with Gasteiger partial charge in [-0.3, -0.25) is 16.0 Å². The summed E-state index contributed by atoms with van der Waals surface area (Å²) in [6.45, 7) is 2.61. The topological polar surface area (TPSA) is 143 Å². The van der Waals surface area contributed by atoms with Gasteiger partial charge < -0.3 is 19.2 Å². The van der Waals surface area contributed by atoms with E-state index in [4.69, 9.17) is 30.6 Å². The SMILES string of the molecule is Cc1ccc(/C=C\COc2ccc(-c3noc([C@@H]4CCC[N+]4=C(N)N)n3)cc2C(F)(F)F)cc1.O=C([O-])C(F)(F)F. The van der Waals surface area contributed by atoms with Crippen LogP contribution in [0, 0.1) is 6.92 Å². The average Bonchev–Trinajstić information content (AvgIpc) is 3.57. The molecule has 0 aliphatic carbocycles. The highest BCUT2D eigenvalue weighted by atomic mass is 19.4. The molecule has 9 nitrogen and oxygen atoms in total. The first-order chi connectivity index (χ1) is 19.2. The van der Waals surface area contributed by atoms with Crippen LogP contribution < -0.4 is 21.3 Å². The number of carbonyl (C=O) groups is 1. The Labute approximate surface area is 229 Å². The lowest BCUT2D eigenvalue weighted by atomic mass is 10.1. The molecule has 2 aromatic carbocycles. The minimum Gasteiger partial charge on any atom is -0.542 e. The van der Waals surface area contributed by atoms with Crippen LogP contribution in [0.1, 0.15) is 41.5 Å². The van der Waals surface area contributed by atoms with Gasteiger partial charge in [0.25, 0.3) is 5.89 Å². The second-order valence-corrected chi connectivity index (χ2v) is 8.85. The van der Waals surface area contributed by atoms with Crippen molar-refractivity contribution in [3.8, 4) is 17.1 Å². The van der Waals surface area contributed by atoms with Crippen molar-refractivity contribution in [2.45, 2.75) is 38.2 Å². The minimum absolute atomic E-state index is 0.0167. The van der Waals surface area contributed by atoms with Gasteiger partial charge in [-0.15, -0.1) is 0 Å². The van der Waals surface area contributed by atoms with Crippen molar-refractivity contribution in [3.63, 3.8) is 0 Å². The van der Waals surface area contributed by atoms with Crippen LogP contribution in [0.3, 0.4) is 0 Å². The molecule has 1 aromatic heterocycles. The lowest BCUT2D eigenvalue weighted by Crippen LogP contribution is -2.37. The summed E-state index contributed by atoms with van der Waals surface area (Å²) < 4.78 is 85.3. The van der Waals surface area contributed by atoms with E-state index in [-0.39, 0.29) is 41.6 Å². The Hall–Kier alpha value is -4.56. The second-order valence-electron chi connectivity index (χ2n) is 8.85. The third-order valence-electron chi connectivity index (χ3n) is 5.81. The fourth-order valence-corrected chi connectivity index (χ4v) is 3.84. The number of ether oxygens (including phenoxy) is 1. The summed E-state index contributed by atoms with van der Waals surface area (Å²) in [6, 6.07) is 11.2. The van der Waals surface area contributed by atoms with E-state index in [1.165, 1.54) is 12.1 Å². The van der Waals surface area contributed by atoms with Gasteiger partial charge in [0.2, 0.25) is 5.82 Å². The van der Waals surface area contributed by atoms with E-state index in [0.717, 1.165) is 23.6 Å². The van der Waals surface area contributed by atoms with Crippen LogP contribution in [-0.2, 0) is 11.0 Å². The number of benzene rings is 2. The van der Waals surface area contributed by atoms with Crippen LogP contribution in [0.15, 0.2) is 53.1 Å². The number of carbonyl (C=O) groups excluding carboxylic acids is 1. The number of carboxylic acid groups (broad SMARTS) is 1. The molecule has 4 rings (SSSR count). The van der Waals surface area contributed by atoms with Crippen molar-refractivity contribution >= 4 is 18.0 Å². The van der Waals surface area contributed by atoms with Crippen LogP contribution in [0.2, 0.25) is 0 Å². The van der Waals surface area contributed by atoms with Crippen LogP contribution in [0.25, 0.3) is 17.5 Å². The van der Waals surface area contributed by atoms with Gasteiger partial charge in [0.1, 0.15) is 18.3 Å². The Balaban J connectivity index is 0.000000587. The molecule has 0 unspecified atom stereocenters. The van der Waals surface area contributed by atoms with Crippen molar-refractivity contribution in [3.05, 3.63) is 71.1 Å². The normalized spacial score (nSPS) is 15.5. The van der Waals surface area contributed by atoms with Gasteiger partial charge in [-0.05, 0) is 49.6 Å². The van der Waals surface area contributed by atoms with Gasteiger partial charge in [0, 0.05) is 5.56 Å². The first-order valence-electron chi connectivity index (χ1n) is 12.0. The van der Waals surface area contributed by atoms with Crippen LogP contribution in [-0.4, -0.2) is 46.0 Å². The van der Waals surface area contributed by atoms with Crippen molar-refractivity contribution < 1.29 is 50.1 Å². The largest absolute Gasteiger partial charge is 0.542 e. The number of alkyl halides is 6. The Morgan fingerprint density at radius 1 is 1.15 bits per heavy atom. The Morgan fingerprint density at radius 2 is 1.80 bits per heavy atom. The van der Waals surface area contributed by atoms with E-state index in [2.05, 4.69) is 10.1 Å². The minimum atomic E-state index is -5.19. The van der Waals surface area contributed by atoms with Gasteiger partial charge >= 0.3 is 18.3 Å². The molecule has 41 heavy (non-hydrogen) atoms. The number of nitrogens with zero attached hydrogens (tertiary/aromatic N) is 3. The molecular formula is C26H25F6N5O4. The fourth-order valence-electron chi connectivity index (χ4n) is 3.84. The summed E-state index contributed by atoms with van der Waals surface area (Å²) in [5.41, 5.74) is 12.7. The molecule has 0 radical (unpaired) electrons. The second kappa shape index (κ2) is 12.7. The maximum atomic E-state index is 13.7. The Morgan fingerprint density at radius 3 is 2.39 bits per heavy atom. The summed E-state index contributed by atoms with van der Waals surface area (Å²) in [5.74, 6) is -2.84. The third kappa shape index (κ3) is 8.46. The van der Waals surface area contributed by atoms with Gasteiger partial charge in [-0.1, -0.05) is 41.1 Å². The highest BCUT2D eigenvalue weighted by molar-refractivity contribution is 5.71. The molecule has 1 saturated heterocycles. The standard InChI is InChI=1S/C24H24F3N5O2.C2HF3O2/c1-15-6-8-16(9-7-15)4-3-13-33-20-11-10-17(14-18(20)24(25,26)27)21-30-22(34-31-21)19-5-2-12-32(19)23(28)29;3-2(4,5)1(6)7/h3-4,6-11,14,19H,2,5,12-13H2,1H3,(H3,28,29);(H,6,7)/b4-3-;/t19-;/m0./s1. The molecular weight excluding hydrogens is 560 g/mol. The summed E-state index contributed by atoms with van der Waals surface area (Å²) >= 11 is 0. The molecule has 0 spiro atoms. The predicted octanol–water partition coefficient (Wildman–Crippen LogP) is 3.58. The molecule has 3 aromatic rings. The Bertz CT molecular complexity index is 1410. The molecule has 1 fully saturated rings. The number of aryl methyl sites for hydroxylation is 1. The van der Waals surface area contributed by atoms with Gasteiger partial charge in [-0.25, -0.2) is 0 Å². The number of guanidine groups is 1. The van der Waals surface area contributed by atoms with Crippen molar-refractivity contribution in [2.75, 3.05) is 13.2 Å². The highest BCUT2D eigenvalue weighted by Gasteiger charge is 2.36. The molecule has 1 atom stereocenters. The lowest BCUT2D eigenvalue weighted by molar-refractivity contribution is -0.555. The molecule has 220 valence electrons. The number of carboxylic acids is 1. The first kappa shape index (κ1) is 31.0.